The lowest BCUT2D eigenvalue weighted by molar-refractivity contribution is 0.0980. The van der Waals surface area contributed by atoms with Crippen LogP contribution < -0.4 is 25.4 Å². The standard InChI is InChI=1S/C28H30ClF2N9O2S/c1-15-13-17(16(2)33-19-5-6-20(29)34-23(19)26(41)37-43-4)22-18(14-15)27(42)38(3)28(36-22)40-11-9-39(10-12-40)21-7-8-32-25(35-21)24(30)31/h5-8,13-14,16,24,33H,9-12H2,1-4H3,(H,37,41). The van der Waals surface area contributed by atoms with E-state index in [1.54, 1.807) is 31.5 Å². The van der Waals surface area contributed by atoms with Crippen LogP contribution in [-0.4, -0.2) is 62.8 Å². The van der Waals surface area contributed by atoms with Gasteiger partial charge in [0.2, 0.25) is 5.95 Å². The number of amides is 1. The van der Waals surface area contributed by atoms with Crippen molar-refractivity contribution in [2.75, 3.05) is 47.6 Å². The van der Waals surface area contributed by atoms with Crippen molar-refractivity contribution in [3.05, 3.63) is 74.7 Å². The van der Waals surface area contributed by atoms with Crippen LogP contribution in [0.2, 0.25) is 5.15 Å². The van der Waals surface area contributed by atoms with Crippen molar-refractivity contribution in [2.24, 2.45) is 7.05 Å². The van der Waals surface area contributed by atoms with Gasteiger partial charge >= 0.3 is 0 Å². The fraction of sp³-hybridized carbons (Fsp3) is 0.357. The van der Waals surface area contributed by atoms with E-state index in [4.69, 9.17) is 16.6 Å². The molecule has 1 aliphatic heterocycles. The molecule has 0 aliphatic carbocycles. The van der Waals surface area contributed by atoms with Gasteiger partial charge in [-0.05, 0) is 43.7 Å². The SMILES string of the molecule is CSNC(=O)c1nc(Cl)ccc1NC(C)c1cc(C)cc2c(=O)n(C)c(N3CCN(c4ccnc(C(F)F)n4)CC3)nc12. The third kappa shape index (κ3) is 6.34. The molecule has 4 aromatic rings. The molecule has 1 aliphatic rings. The van der Waals surface area contributed by atoms with Gasteiger partial charge in [-0.2, -0.15) is 0 Å². The highest BCUT2D eigenvalue weighted by atomic mass is 35.5. The fourth-order valence-electron chi connectivity index (χ4n) is 5.11. The number of hydrogen-bond acceptors (Lipinski definition) is 10. The van der Waals surface area contributed by atoms with E-state index >= 15 is 0 Å². The summed E-state index contributed by atoms with van der Waals surface area (Å²) in [6, 6.07) is 8.33. The van der Waals surface area contributed by atoms with Crippen LogP contribution in [-0.2, 0) is 7.05 Å². The number of alkyl halides is 2. The highest BCUT2D eigenvalue weighted by molar-refractivity contribution is 7.97. The molecular formula is C28H30ClF2N9O2S. The van der Waals surface area contributed by atoms with Gasteiger partial charge in [0.1, 0.15) is 11.0 Å². The van der Waals surface area contributed by atoms with Crippen LogP contribution in [0, 0.1) is 6.92 Å². The number of aryl methyl sites for hydroxylation is 1. The van der Waals surface area contributed by atoms with Crippen LogP contribution in [0.3, 0.4) is 0 Å². The average Bonchev–Trinajstić information content (AvgIpc) is 3.00. The second-order valence-corrected chi connectivity index (χ2v) is 11.1. The van der Waals surface area contributed by atoms with E-state index < -0.39 is 12.2 Å². The molecule has 0 radical (unpaired) electrons. The van der Waals surface area contributed by atoms with Crippen molar-refractivity contribution in [1.82, 2.24) is 29.2 Å². The second kappa shape index (κ2) is 12.7. The molecule has 5 rings (SSSR count). The Morgan fingerprint density at radius 3 is 2.49 bits per heavy atom. The molecular weight excluding hydrogens is 600 g/mol. The Bertz CT molecular complexity index is 1730. The van der Waals surface area contributed by atoms with Gasteiger partial charge in [-0.15, -0.1) is 0 Å². The Hall–Kier alpha value is -4.04. The first-order valence-corrected chi connectivity index (χ1v) is 15.1. The first-order valence-electron chi connectivity index (χ1n) is 13.5. The van der Waals surface area contributed by atoms with Gasteiger partial charge in [0.15, 0.2) is 11.5 Å². The maximum absolute atomic E-state index is 13.6. The number of nitrogens with zero attached hydrogens (tertiary/aromatic N) is 7. The van der Waals surface area contributed by atoms with E-state index in [-0.39, 0.29) is 28.4 Å². The summed E-state index contributed by atoms with van der Waals surface area (Å²) in [7, 11) is 1.69. The van der Waals surface area contributed by atoms with E-state index in [1.165, 1.54) is 10.8 Å². The third-order valence-electron chi connectivity index (χ3n) is 7.18. The van der Waals surface area contributed by atoms with Crippen LogP contribution >= 0.6 is 23.5 Å². The number of aromatic nitrogens is 5. The van der Waals surface area contributed by atoms with E-state index in [9.17, 15) is 18.4 Å². The van der Waals surface area contributed by atoms with Gasteiger partial charge in [0.25, 0.3) is 17.9 Å². The minimum Gasteiger partial charge on any atom is -0.377 e. The molecule has 0 spiro atoms. The van der Waals surface area contributed by atoms with E-state index in [1.807, 2.05) is 35.8 Å². The van der Waals surface area contributed by atoms with Crippen LogP contribution in [0.4, 0.5) is 26.2 Å². The Morgan fingerprint density at radius 2 is 1.79 bits per heavy atom. The number of carbonyl (C=O) groups excluding carboxylic acids is 1. The van der Waals surface area contributed by atoms with Gasteiger partial charge < -0.3 is 15.1 Å². The van der Waals surface area contributed by atoms with E-state index in [0.717, 1.165) is 23.1 Å². The summed E-state index contributed by atoms with van der Waals surface area (Å²) < 4.78 is 30.5. The van der Waals surface area contributed by atoms with E-state index in [0.29, 0.717) is 54.5 Å². The van der Waals surface area contributed by atoms with Crippen LogP contribution in [0.25, 0.3) is 10.9 Å². The summed E-state index contributed by atoms with van der Waals surface area (Å²) in [5.41, 5.74) is 2.65. The minimum atomic E-state index is -2.75. The summed E-state index contributed by atoms with van der Waals surface area (Å²) in [5, 5.41) is 4.02. The zero-order chi connectivity index (χ0) is 30.8. The van der Waals surface area contributed by atoms with Gasteiger partial charge in [-0.1, -0.05) is 29.6 Å². The molecule has 4 heterocycles. The minimum absolute atomic E-state index is 0.150. The maximum Gasteiger partial charge on any atom is 0.297 e. The maximum atomic E-state index is 13.6. The van der Waals surface area contributed by atoms with Gasteiger partial charge in [-0.3, -0.25) is 18.9 Å². The largest absolute Gasteiger partial charge is 0.377 e. The summed E-state index contributed by atoms with van der Waals surface area (Å²) in [6.45, 7) is 5.83. The number of fused-ring (bicyclic) bond motifs is 1. The summed E-state index contributed by atoms with van der Waals surface area (Å²) in [5.74, 6) is 0.0407. The molecule has 11 nitrogen and oxygen atoms in total. The summed E-state index contributed by atoms with van der Waals surface area (Å²) in [6.07, 6.45) is 0.323. The molecule has 0 bridgehead atoms. The zero-order valence-electron chi connectivity index (χ0n) is 23.9. The molecule has 2 N–H and O–H groups in total. The van der Waals surface area contributed by atoms with Crippen LogP contribution in [0.5, 0.6) is 0 Å². The molecule has 1 amide bonds. The van der Waals surface area contributed by atoms with E-state index in [2.05, 4.69) is 25.0 Å². The molecule has 1 fully saturated rings. The van der Waals surface area contributed by atoms with Gasteiger partial charge in [0, 0.05) is 51.2 Å². The zero-order valence-corrected chi connectivity index (χ0v) is 25.5. The van der Waals surface area contributed by atoms with Crippen molar-refractivity contribution < 1.29 is 13.6 Å². The number of rotatable bonds is 8. The normalized spacial score (nSPS) is 14.3. The molecule has 1 unspecified atom stereocenters. The number of nitrogens with one attached hydrogen (secondary N) is 2. The monoisotopic (exact) mass is 629 g/mol. The average molecular weight is 630 g/mol. The Morgan fingerprint density at radius 1 is 1.07 bits per heavy atom. The number of halogens is 3. The smallest absolute Gasteiger partial charge is 0.297 e. The highest BCUT2D eigenvalue weighted by Crippen LogP contribution is 2.29. The van der Waals surface area contributed by atoms with Crippen molar-refractivity contribution >= 4 is 57.8 Å². The van der Waals surface area contributed by atoms with Crippen molar-refractivity contribution in [3.63, 3.8) is 0 Å². The van der Waals surface area contributed by atoms with Crippen LogP contribution in [0.15, 0.2) is 41.3 Å². The lowest BCUT2D eigenvalue weighted by atomic mass is 10.0. The highest BCUT2D eigenvalue weighted by Gasteiger charge is 2.25. The predicted molar refractivity (Wildman–Crippen MR) is 165 cm³/mol. The summed E-state index contributed by atoms with van der Waals surface area (Å²) in [4.78, 5) is 47.0. The third-order valence-corrected chi connectivity index (χ3v) is 7.78. The molecule has 15 heteroatoms. The Labute approximate surface area is 255 Å². The second-order valence-electron chi connectivity index (χ2n) is 10.1. The van der Waals surface area contributed by atoms with Gasteiger partial charge in [-0.25, -0.2) is 28.7 Å². The van der Waals surface area contributed by atoms with Crippen molar-refractivity contribution in [2.45, 2.75) is 26.3 Å². The number of piperazine rings is 1. The molecule has 3 aromatic heterocycles. The molecule has 1 saturated heterocycles. The molecule has 1 aromatic carbocycles. The van der Waals surface area contributed by atoms with Gasteiger partial charge in [0.05, 0.1) is 22.6 Å². The fourth-order valence-corrected chi connectivity index (χ4v) is 5.54. The first-order chi connectivity index (χ1) is 20.6. The molecule has 1 atom stereocenters. The van der Waals surface area contributed by atoms with Crippen LogP contribution in [0.1, 0.15) is 46.8 Å². The lowest BCUT2D eigenvalue weighted by Gasteiger charge is -2.36. The van der Waals surface area contributed by atoms with Crippen molar-refractivity contribution in [1.29, 1.82) is 0 Å². The number of carbonyl (C=O) groups is 1. The number of anilines is 3. The lowest BCUT2D eigenvalue weighted by Crippen LogP contribution is -2.48. The number of pyridine rings is 1. The quantitative estimate of drug-likeness (QED) is 0.212. The molecule has 0 saturated carbocycles. The molecule has 43 heavy (non-hydrogen) atoms. The Kier molecular flexibility index (Phi) is 8.97. The topological polar surface area (TPSA) is 121 Å². The molecule has 226 valence electrons. The first kappa shape index (κ1) is 30.4. The summed E-state index contributed by atoms with van der Waals surface area (Å²) >= 11 is 7.24. The number of hydrogen-bond donors (Lipinski definition) is 2. The predicted octanol–water partition coefficient (Wildman–Crippen LogP) is 4.53. The van der Waals surface area contributed by atoms with Crippen molar-refractivity contribution in [3.8, 4) is 0 Å². The number of benzene rings is 1. The Balaban J connectivity index is 1.46.